The highest BCUT2D eigenvalue weighted by molar-refractivity contribution is 14.1. The Kier molecular flexibility index (Phi) is 5.00. The van der Waals surface area contributed by atoms with Crippen molar-refractivity contribution in [3.63, 3.8) is 0 Å². The van der Waals surface area contributed by atoms with Gasteiger partial charge in [-0.3, -0.25) is 4.79 Å². The molecule has 0 saturated heterocycles. The molecule has 1 aromatic carbocycles. The Balaban J connectivity index is 1.77. The molecular weight excluding hydrogens is 361 g/mol. The van der Waals surface area contributed by atoms with Crippen LogP contribution in [0.4, 0.5) is 0 Å². The van der Waals surface area contributed by atoms with Crippen molar-refractivity contribution in [1.29, 1.82) is 0 Å². The number of rotatable bonds is 5. The van der Waals surface area contributed by atoms with Gasteiger partial charge in [-0.1, -0.05) is 18.2 Å². The highest BCUT2D eigenvalue weighted by atomic mass is 127. The van der Waals surface area contributed by atoms with Gasteiger partial charge in [-0.25, -0.2) is 0 Å². The van der Waals surface area contributed by atoms with Gasteiger partial charge in [0.15, 0.2) is 6.61 Å². The van der Waals surface area contributed by atoms with Gasteiger partial charge in [0.2, 0.25) is 0 Å². The summed E-state index contributed by atoms with van der Waals surface area (Å²) in [4.78, 5) is 12.7. The van der Waals surface area contributed by atoms with E-state index in [2.05, 4.69) is 27.9 Å². The molecule has 1 amide bonds. The monoisotopic (exact) mass is 373 g/mol. The van der Waals surface area contributed by atoms with E-state index < -0.39 is 0 Å². The molecule has 1 aromatic heterocycles. The summed E-state index contributed by atoms with van der Waals surface area (Å²) in [6, 6.07) is 11.6. The third-order valence-corrected chi connectivity index (χ3v) is 4.00. The van der Waals surface area contributed by atoms with Crippen LogP contribution in [0.1, 0.15) is 4.88 Å². The van der Waals surface area contributed by atoms with E-state index in [0.29, 0.717) is 6.54 Å². The molecule has 0 atom stereocenters. The summed E-state index contributed by atoms with van der Waals surface area (Å²) < 4.78 is 6.45. The molecule has 0 radical (unpaired) electrons. The predicted molar refractivity (Wildman–Crippen MR) is 80.8 cm³/mol. The molecule has 1 heterocycles. The first-order valence-corrected chi connectivity index (χ1v) is 7.38. The Morgan fingerprint density at radius 3 is 2.83 bits per heavy atom. The maximum atomic E-state index is 11.6. The number of halogens is 1. The zero-order chi connectivity index (χ0) is 12.8. The maximum Gasteiger partial charge on any atom is 0.258 e. The summed E-state index contributed by atoms with van der Waals surface area (Å²) >= 11 is 3.81. The fourth-order valence-electron chi connectivity index (χ4n) is 1.35. The van der Waals surface area contributed by atoms with Crippen LogP contribution < -0.4 is 10.1 Å². The smallest absolute Gasteiger partial charge is 0.258 e. The van der Waals surface area contributed by atoms with Crippen LogP contribution in [0, 0.1) is 3.57 Å². The molecule has 0 bridgehead atoms. The number of hydrogen-bond acceptors (Lipinski definition) is 3. The van der Waals surface area contributed by atoms with Crippen LogP contribution in [0.25, 0.3) is 0 Å². The zero-order valence-corrected chi connectivity index (χ0v) is 12.5. The lowest BCUT2D eigenvalue weighted by Crippen LogP contribution is -2.28. The molecule has 2 rings (SSSR count). The first-order valence-electron chi connectivity index (χ1n) is 5.42. The van der Waals surface area contributed by atoms with Gasteiger partial charge < -0.3 is 10.1 Å². The van der Waals surface area contributed by atoms with Gasteiger partial charge in [0.05, 0.1) is 10.1 Å². The van der Waals surface area contributed by atoms with Gasteiger partial charge in [-0.05, 0) is 46.2 Å². The van der Waals surface area contributed by atoms with Crippen molar-refractivity contribution >= 4 is 39.8 Å². The predicted octanol–water partition coefficient (Wildman–Crippen LogP) is 3.05. The minimum atomic E-state index is -0.108. The Morgan fingerprint density at radius 2 is 2.11 bits per heavy atom. The van der Waals surface area contributed by atoms with Gasteiger partial charge >= 0.3 is 0 Å². The van der Waals surface area contributed by atoms with Crippen LogP contribution in [0.2, 0.25) is 0 Å². The lowest BCUT2D eigenvalue weighted by atomic mass is 10.3. The zero-order valence-electron chi connectivity index (χ0n) is 9.56. The number of ether oxygens (including phenoxy) is 1. The largest absolute Gasteiger partial charge is 0.483 e. The van der Waals surface area contributed by atoms with E-state index in [4.69, 9.17) is 4.74 Å². The Labute approximate surface area is 123 Å². The topological polar surface area (TPSA) is 38.3 Å². The number of carbonyl (C=O) groups excluding carboxylic acids is 1. The number of hydrogen-bond donors (Lipinski definition) is 1. The molecule has 94 valence electrons. The number of thiophene rings is 1. The second-order valence-electron chi connectivity index (χ2n) is 3.58. The van der Waals surface area contributed by atoms with Crippen LogP contribution in [0.3, 0.4) is 0 Å². The van der Waals surface area contributed by atoms with Crippen molar-refractivity contribution in [1.82, 2.24) is 5.32 Å². The third-order valence-electron chi connectivity index (χ3n) is 2.24. The quantitative estimate of drug-likeness (QED) is 0.819. The summed E-state index contributed by atoms with van der Waals surface area (Å²) in [6.45, 7) is 0.608. The normalized spacial score (nSPS) is 10.1. The standard InChI is InChI=1S/C13H12INO2S/c14-11-5-1-2-6-12(11)17-9-13(16)15-8-10-4-3-7-18-10/h1-7H,8-9H2,(H,15,16). The molecule has 18 heavy (non-hydrogen) atoms. The fourth-order valence-corrected chi connectivity index (χ4v) is 2.54. The second-order valence-corrected chi connectivity index (χ2v) is 5.77. The van der Waals surface area contributed by atoms with Crippen molar-refractivity contribution in [2.75, 3.05) is 6.61 Å². The van der Waals surface area contributed by atoms with E-state index in [1.54, 1.807) is 11.3 Å². The van der Waals surface area contributed by atoms with E-state index >= 15 is 0 Å². The minimum Gasteiger partial charge on any atom is -0.483 e. The maximum absolute atomic E-state index is 11.6. The lowest BCUT2D eigenvalue weighted by molar-refractivity contribution is -0.123. The summed E-state index contributed by atoms with van der Waals surface area (Å²) in [5, 5.41) is 4.81. The Hall–Kier alpha value is -1.08. The van der Waals surface area contributed by atoms with E-state index in [1.165, 1.54) is 0 Å². The molecule has 3 nitrogen and oxygen atoms in total. The van der Waals surface area contributed by atoms with Crippen LogP contribution in [0.5, 0.6) is 5.75 Å². The van der Waals surface area contributed by atoms with Crippen molar-refractivity contribution in [2.24, 2.45) is 0 Å². The molecule has 0 aliphatic rings. The van der Waals surface area contributed by atoms with Gasteiger partial charge in [-0.15, -0.1) is 11.3 Å². The Bertz CT molecular complexity index is 513. The fraction of sp³-hybridized carbons (Fsp3) is 0.154. The summed E-state index contributed by atoms with van der Waals surface area (Å²) in [5.74, 6) is 0.632. The number of benzene rings is 1. The summed E-state index contributed by atoms with van der Waals surface area (Å²) in [7, 11) is 0. The first kappa shape index (κ1) is 13.4. The van der Waals surface area contributed by atoms with E-state index in [-0.39, 0.29) is 12.5 Å². The molecule has 5 heteroatoms. The molecule has 2 aromatic rings. The summed E-state index contributed by atoms with van der Waals surface area (Å²) in [5.41, 5.74) is 0. The highest BCUT2D eigenvalue weighted by Gasteiger charge is 2.05. The number of carbonyl (C=O) groups is 1. The SMILES string of the molecule is O=C(COc1ccccc1I)NCc1cccs1. The second kappa shape index (κ2) is 6.75. The van der Waals surface area contributed by atoms with Crippen molar-refractivity contribution in [2.45, 2.75) is 6.54 Å². The van der Waals surface area contributed by atoms with Crippen molar-refractivity contribution < 1.29 is 9.53 Å². The molecule has 0 fully saturated rings. The molecule has 0 saturated carbocycles. The molecule has 0 aliphatic carbocycles. The lowest BCUT2D eigenvalue weighted by Gasteiger charge is -2.08. The van der Waals surface area contributed by atoms with Crippen LogP contribution >= 0.6 is 33.9 Å². The summed E-state index contributed by atoms with van der Waals surface area (Å²) in [6.07, 6.45) is 0. The average Bonchev–Trinajstić information content (AvgIpc) is 2.88. The van der Waals surface area contributed by atoms with E-state index in [1.807, 2.05) is 41.8 Å². The molecule has 0 spiro atoms. The minimum absolute atomic E-state index is 0.0470. The van der Waals surface area contributed by atoms with Gasteiger partial charge in [0.1, 0.15) is 5.75 Å². The van der Waals surface area contributed by atoms with Gasteiger partial charge in [-0.2, -0.15) is 0 Å². The van der Waals surface area contributed by atoms with Crippen LogP contribution in [0.15, 0.2) is 41.8 Å². The molecule has 0 unspecified atom stereocenters. The number of para-hydroxylation sites is 1. The van der Waals surface area contributed by atoms with Gasteiger partial charge in [0, 0.05) is 4.88 Å². The van der Waals surface area contributed by atoms with Crippen LogP contribution in [-0.4, -0.2) is 12.5 Å². The van der Waals surface area contributed by atoms with Crippen molar-refractivity contribution in [3.8, 4) is 5.75 Å². The average molecular weight is 373 g/mol. The number of amides is 1. The number of nitrogens with one attached hydrogen (secondary N) is 1. The van der Waals surface area contributed by atoms with Gasteiger partial charge in [0.25, 0.3) is 5.91 Å². The first-order chi connectivity index (χ1) is 8.75. The van der Waals surface area contributed by atoms with Crippen molar-refractivity contribution in [3.05, 3.63) is 50.2 Å². The third kappa shape index (κ3) is 3.99. The van der Waals surface area contributed by atoms with Crippen LogP contribution in [-0.2, 0) is 11.3 Å². The Morgan fingerprint density at radius 1 is 1.28 bits per heavy atom. The molecule has 1 N–H and O–H groups in total. The molecule has 0 aliphatic heterocycles. The van der Waals surface area contributed by atoms with E-state index in [0.717, 1.165) is 14.2 Å². The van der Waals surface area contributed by atoms with E-state index in [9.17, 15) is 4.79 Å². The molecular formula is C13H12INO2S. The highest BCUT2D eigenvalue weighted by Crippen LogP contribution is 2.19.